The van der Waals surface area contributed by atoms with Crippen LogP contribution in [-0.2, 0) is 16.6 Å². The maximum atomic E-state index is 13.4. The van der Waals surface area contributed by atoms with E-state index in [9.17, 15) is 19.2 Å². The van der Waals surface area contributed by atoms with Crippen molar-refractivity contribution in [2.75, 3.05) is 23.9 Å². The number of hydrogen-bond acceptors (Lipinski definition) is 6. The zero-order valence-electron chi connectivity index (χ0n) is 19.7. The summed E-state index contributed by atoms with van der Waals surface area (Å²) in [6.07, 6.45) is 3.12. The van der Waals surface area contributed by atoms with Crippen LogP contribution in [0, 0.1) is 17.1 Å². The summed E-state index contributed by atoms with van der Waals surface area (Å²) in [5.41, 5.74) is 2.44. The molecule has 1 aromatic heterocycles. The summed E-state index contributed by atoms with van der Waals surface area (Å²) in [5.74, 6) is -0.126. The molecule has 2 heterocycles. The van der Waals surface area contributed by atoms with Crippen LogP contribution in [0.4, 0.5) is 15.8 Å². The molecule has 0 saturated carbocycles. The molecule has 1 unspecified atom stereocenters. The van der Waals surface area contributed by atoms with E-state index in [0.717, 1.165) is 11.4 Å². The minimum atomic E-state index is -0.617. The monoisotopic (exact) mass is 472 g/mol. The number of anilines is 2. The van der Waals surface area contributed by atoms with Crippen molar-refractivity contribution in [1.82, 2.24) is 14.9 Å². The molecule has 1 amide bonds. The van der Waals surface area contributed by atoms with Gasteiger partial charge < -0.3 is 19.7 Å². The van der Waals surface area contributed by atoms with Crippen LogP contribution in [0.3, 0.4) is 0 Å². The van der Waals surface area contributed by atoms with Gasteiger partial charge in [-0.25, -0.2) is 9.37 Å². The zero-order chi connectivity index (χ0) is 25.1. The van der Waals surface area contributed by atoms with Gasteiger partial charge in [-0.15, -0.1) is 0 Å². The highest BCUT2D eigenvalue weighted by Gasteiger charge is 2.31. The molecule has 1 atom stereocenters. The zero-order valence-corrected chi connectivity index (χ0v) is 19.7. The number of aromatic nitrogens is 2. The molecule has 0 aliphatic carbocycles. The number of hydrogen-bond donors (Lipinski definition) is 1. The molecule has 1 N–H and O–H groups in total. The second-order valence-corrected chi connectivity index (χ2v) is 8.29. The summed E-state index contributed by atoms with van der Waals surface area (Å²) in [7, 11) is 5.40. The number of Topliss-reactive ketones (excluding diaryl/α,β-unsaturated/α-hetero) is 1. The predicted octanol–water partition coefficient (Wildman–Crippen LogP) is 3.44. The predicted molar refractivity (Wildman–Crippen MR) is 130 cm³/mol. The first-order valence-corrected chi connectivity index (χ1v) is 11.1. The Labute approximate surface area is 202 Å². The molecule has 4 rings (SSSR count). The first-order chi connectivity index (χ1) is 16.8. The number of aryl methyl sites for hydroxylation is 1. The van der Waals surface area contributed by atoms with E-state index < -0.39 is 11.8 Å². The molecule has 3 aromatic rings. The SMILES string of the molecule is CN1C(=C(C#N)C(=O)CCC(=O)NC(c2ccc(F)cc2)c2nccn2C)N(C)c2ccccc21. The Balaban J connectivity index is 1.50. The van der Waals surface area contributed by atoms with Crippen LogP contribution in [0.5, 0.6) is 0 Å². The van der Waals surface area contributed by atoms with Crippen LogP contribution in [0.1, 0.15) is 30.3 Å². The smallest absolute Gasteiger partial charge is 0.221 e. The third kappa shape index (κ3) is 4.64. The first-order valence-electron chi connectivity index (χ1n) is 11.1. The largest absolute Gasteiger partial charge is 0.342 e. The molecule has 178 valence electrons. The maximum Gasteiger partial charge on any atom is 0.221 e. The number of rotatable bonds is 7. The van der Waals surface area contributed by atoms with E-state index >= 15 is 0 Å². The Bertz CT molecular complexity index is 1310. The Morgan fingerprint density at radius 1 is 1.03 bits per heavy atom. The van der Waals surface area contributed by atoms with Crippen molar-refractivity contribution in [3.63, 3.8) is 0 Å². The lowest BCUT2D eigenvalue weighted by Gasteiger charge is -2.20. The Kier molecular flexibility index (Phi) is 6.64. The van der Waals surface area contributed by atoms with Gasteiger partial charge in [0.05, 0.1) is 11.4 Å². The Hall–Kier alpha value is -4.45. The summed E-state index contributed by atoms with van der Waals surface area (Å²) >= 11 is 0. The number of nitrogens with one attached hydrogen (secondary N) is 1. The second-order valence-electron chi connectivity index (χ2n) is 8.29. The third-order valence-corrected chi connectivity index (χ3v) is 6.06. The second kappa shape index (κ2) is 9.81. The maximum absolute atomic E-state index is 13.4. The van der Waals surface area contributed by atoms with Crippen molar-refractivity contribution < 1.29 is 14.0 Å². The highest BCUT2D eigenvalue weighted by molar-refractivity contribution is 6.03. The van der Waals surface area contributed by atoms with Crippen molar-refractivity contribution in [2.45, 2.75) is 18.9 Å². The summed E-state index contributed by atoms with van der Waals surface area (Å²) in [6.45, 7) is 0. The van der Waals surface area contributed by atoms with Crippen molar-refractivity contribution >= 4 is 23.1 Å². The fourth-order valence-corrected chi connectivity index (χ4v) is 4.25. The molecule has 35 heavy (non-hydrogen) atoms. The van der Waals surface area contributed by atoms with Crippen LogP contribution in [-0.4, -0.2) is 35.3 Å². The number of benzene rings is 2. The summed E-state index contributed by atoms with van der Waals surface area (Å²) in [5, 5.41) is 12.7. The number of imidazole rings is 1. The Morgan fingerprint density at radius 2 is 1.66 bits per heavy atom. The van der Waals surface area contributed by atoms with E-state index in [1.54, 1.807) is 60.0 Å². The van der Waals surface area contributed by atoms with Gasteiger partial charge >= 0.3 is 0 Å². The van der Waals surface area contributed by atoms with Gasteiger partial charge in [-0.2, -0.15) is 5.26 Å². The number of allylic oxidation sites excluding steroid dienone is 1. The summed E-state index contributed by atoms with van der Waals surface area (Å²) < 4.78 is 15.2. The average Bonchev–Trinajstić information content (AvgIpc) is 3.39. The van der Waals surface area contributed by atoms with Crippen molar-refractivity contribution in [3.8, 4) is 6.07 Å². The Morgan fingerprint density at radius 3 is 2.20 bits per heavy atom. The molecule has 2 aromatic carbocycles. The normalized spacial score (nSPS) is 13.3. The molecule has 0 bridgehead atoms. The molecule has 1 aliphatic heterocycles. The van der Waals surface area contributed by atoms with Gasteiger partial charge in [-0.05, 0) is 29.8 Å². The summed E-state index contributed by atoms with van der Waals surface area (Å²) in [6, 6.07) is 14.8. The van der Waals surface area contributed by atoms with E-state index in [-0.39, 0.29) is 30.1 Å². The number of carbonyl (C=O) groups excluding carboxylic acids is 2. The van der Waals surface area contributed by atoms with Gasteiger partial charge in [0.25, 0.3) is 0 Å². The van der Waals surface area contributed by atoms with Crippen molar-refractivity contribution in [1.29, 1.82) is 5.26 Å². The van der Waals surface area contributed by atoms with Gasteiger partial charge in [-0.1, -0.05) is 24.3 Å². The van der Waals surface area contributed by atoms with E-state index in [1.807, 2.05) is 30.3 Å². The van der Waals surface area contributed by atoms with E-state index in [1.165, 1.54) is 12.1 Å². The quantitative estimate of drug-likeness (QED) is 0.418. The minimum Gasteiger partial charge on any atom is -0.342 e. The molecule has 0 spiro atoms. The van der Waals surface area contributed by atoms with E-state index in [0.29, 0.717) is 17.2 Å². The van der Waals surface area contributed by atoms with Gasteiger partial charge in [0, 0.05) is 46.4 Å². The van der Waals surface area contributed by atoms with Gasteiger partial charge in [0.2, 0.25) is 5.91 Å². The number of para-hydroxylation sites is 2. The van der Waals surface area contributed by atoms with Crippen LogP contribution in [0.15, 0.2) is 72.3 Å². The fraction of sp³-hybridized carbons (Fsp3) is 0.231. The van der Waals surface area contributed by atoms with E-state index in [4.69, 9.17) is 0 Å². The summed E-state index contributed by atoms with van der Waals surface area (Å²) in [4.78, 5) is 33.8. The number of nitrogens with zero attached hydrogens (tertiary/aromatic N) is 5. The van der Waals surface area contributed by atoms with Crippen molar-refractivity contribution in [2.24, 2.45) is 7.05 Å². The first kappa shape index (κ1) is 23.7. The molecule has 9 heteroatoms. The lowest BCUT2D eigenvalue weighted by molar-refractivity contribution is -0.124. The molecule has 8 nitrogen and oxygen atoms in total. The highest BCUT2D eigenvalue weighted by atomic mass is 19.1. The van der Waals surface area contributed by atoms with Gasteiger partial charge in [0.15, 0.2) is 5.78 Å². The van der Waals surface area contributed by atoms with Crippen LogP contribution >= 0.6 is 0 Å². The lowest BCUT2D eigenvalue weighted by atomic mass is 10.0. The highest BCUT2D eigenvalue weighted by Crippen LogP contribution is 2.40. The molecule has 0 fully saturated rings. The number of halogens is 1. The van der Waals surface area contributed by atoms with Crippen molar-refractivity contribution in [3.05, 3.63) is 89.5 Å². The minimum absolute atomic E-state index is 0.00168. The molecular formula is C26H25FN6O2. The molecule has 0 radical (unpaired) electrons. The number of nitriles is 1. The van der Waals surface area contributed by atoms with E-state index in [2.05, 4.69) is 10.3 Å². The number of ketones is 1. The van der Waals surface area contributed by atoms with Gasteiger partial charge in [0.1, 0.15) is 35.1 Å². The van der Waals surface area contributed by atoms with Crippen LogP contribution in [0.25, 0.3) is 0 Å². The number of carbonyl (C=O) groups is 2. The average molecular weight is 473 g/mol. The number of amides is 1. The third-order valence-electron chi connectivity index (χ3n) is 6.06. The molecule has 0 saturated heterocycles. The number of fused-ring (bicyclic) bond motifs is 1. The fourth-order valence-electron chi connectivity index (χ4n) is 4.25. The lowest BCUT2D eigenvalue weighted by Crippen LogP contribution is -2.31. The van der Waals surface area contributed by atoms with Crippen LogP contribution in [0.2, 0.25) is 0 Å². The molecule has 1 aliphatic rings. The van der Waals surface area contributed by atoms with Gasteiger partial charge in [-0.3, -0.25) is 9.59 Å². The molecular weight excluding hydrogens is 447 g/mol. The standard InChI is InChI=1S/C26H25FN6O2/c1-31-15-14-29-25(31)24(17-8-10-18(27)11-9-17)30-23(35)13-12-22(34)19(16-28)26-32(2)20-6-4-5-7-21(20)33(26)3/h4-11,14-15,24H,12-13H2,1-3H3,(H,30,35). The topological polar surface area (TPSA) is 94.3 Å². The van der Waals surface area contributed by atoms with Crippen LogP contribution < -0.4 is 15.1 Å².